The number of carbonyl (C=O) groups excluding carboxylic acids is 1. The molecular formula is C14H17F3N2O4S. The van der Waals surface area contributed by atoms with Crippen molar-refractivity contribution < 1.29 is 31.1 Å². The number of halogens is 3. The van der Waals surface area contributed by atoms with E-state index in [-0.39, 0.29) is 24.7 Å². The van der Waals surface area contributed by atoms with Crippen molar-refractivity contribution in [1.82, 2.24) is 4.31 Å². The molecule has 1 fully saturated rings. The summed E-state index contributed by atoms with van der Waals surface area (Å²) in [6, 6.07) is 5.00. The molecule has 1 heterocycles. The second kappa shape index (κ2) is 6.98. The Balaban J connectivity index is 1.95. The molecule has 1 aromatic carbocycles. The third-order valence-corrected chi connectivity index (χ3v) is 4.93. The average molecular weight is 366 g/mol. The summed E-state index contributed by atoms with van der Waals surface area (Å²) in [5.41, 5.74) is 0.187. The molecule has 24 heavy (non-hydrogen) atoms. The molecule has 1 aromatic rings. The molecule has 1 aliphatic heterocycles. The molecule has 0 spiro atoms. The number of piperidine rings is 1. The molecule has 1 aliphatic rings. The van der Waals surface area contributed by atoms with Gasteiger partial charge in [-0.25, -0.2) is 12.7 Å². The van der Waals surface area contributed by atoms with Gasteiger partial charge < -0.3 is 10.1 Å². The second-order valence-corrected chi connectivity index (χ2v) is 7.48. The largest absolute Gasteiger partial charge is 0.573 e. The first-order valence-corrected chi connectivity index (χ1v) is 9.01. The summed E-state index contributed by atoms with van der Waals surface area (Å²) in [5.74, 6) is -1.17. The van der Waals surface area contributed by atoms with Crippen LogP contribution in [0.15, 0.2) is 24.3 Å². The molecule has 10 heteroatoms. The third kappa shape index (κ3) is 5.38. The minimum atomic E-state index is -4.80. The molecule has 2 rings (SSSR count). The van der Waals surface area contributed by atoms with E-state index in [4.69, 9.17) is 0 Å². The summed E-state index contributed by atoms with van der Waals surface area (Å²) < 4.78 is 64.5. The van der Waals surface area contributed by atoms with Crippen molar-refractivity contribution in [1.29, 1.82) is 0 Å². The second-order valence-electron chi connectivity index (χ2n) is 5.50. The molecule has 0 saturated carbocycles. The number of alkyl halides is 3. The van der Waals surface area contributed by atoms with Gasteiger partial charge >= 0.3 is 6.36 Å². The van der Waals surface area contributed by atoms with E-state index >= 15 is 0 Å². The number of nitrogens with one attached hydrogen (secondary N) is 1. The third-order valence-electron chi connectivity index (χ3n) is 3.63. The number of ether oxygens (including phenoxy) is 1. The molecular weight excluding hydrogens is 349 g/mol. The summed E-state index contributed by atoms with van der Waals surface area (Å²) in [4.78, 5) is 12.2. The van der Waals surface area contributed by atoms with Crippen molar-refractivity contribution in [2.24, 2.45) is 5.92 Å². The number of carbonyl (C=O) groups is 1. The molecule has 0 radical (unpaired) electrons. The highest BCUT2D eigenvalue weighted by molar-refractivity contribution is 7.88. The zero-order chi connectivity index (χ0) is 18.0. The van der Waals surface area contributed by atoms with Gasteiger partial charge in [0.05, 0.1) is 6.26 Å². The summed E-state index contributed by atoms with van der Waals surface area (Å²) >= 11 is 0. The number of hydrogen-bond acceptors (Lipinski definition) is 4. The van der Waals surface area contributed by atoms with Gasteiger partial charge in [0.2, 0.25) is 15.9 Å². The summed E-state index contributed by atoms with van der Waals surface area (Å²) in [5, 5.41) is 2.54. The van der Waals surface area contributed by atoms with E-state index in [0.717, 1.165) is 18.4 Å². The fourth-order valence-corrected chi connectivity index (χ4v) is 3.34. The standard InChI is InChI=1S/C14H17F3N2O4S/c1-24(21,22)19-7-5-10(6-8-19)13(20)18-11-3-2-4-12(9-11)23-14(15,16)17/h2-4,9-10H,5-8H2,1H3,(H,18,20). The topological polar surface area (TPSA) is 75.7 Å². The number of amides is 1. The van der Waals surface area contributed by atoms with Crippen LogP contribution in [0.1, 0.15) is 12.8 Å². The summed E-state index contributed by atoms with van der Waals surface area (Å²) in [7, 11) is -3.28. The highest BCUT2D eigenvalue weighted by atomic mass is 32.2. The van der Waals surface area contributed by atoms with Crippen LogP contribution < -0.4 is 10.1 Å². The average Bonchev–Trinajstić information content (AvgIpc) is 2.45. The quantitative estimate of drug-likeness (QED) is 0.886. The van der Waals surface area contributed by atoms with Crippen LogP contribution >= 0.6 is 0 Å². The monoisotopic (exact) mass is 366 g/mol. The number of anilines is 1. The smallest absolute Gasteiger partial charge is 0.406 e. The number of rotatable bonds is 4. The predicted molar refractivity (Wildman–Crippen MR) is 80.9 cm³/mol. The van der Waals surface area contributed by atoms with Gasteiger partial charge in [-0.3, -0.25) is 4.79 Å². The van der Waals surface area contributed by atoms with Gasteiger partial charge in [0.1, 0.15) is 5.75 Å². The van der Waals surface area contributed by atoms with Gasteiger partial charge in [-0.1, -0.05) is 6.07 Å². The van der Waals surface area contributed by atoms with E-state index in [9.17, 15) is 26.4 Å². The van der Waals surface area contributed by atoms with E-state index < -0.39 is 28.1 Å². The van der Waals surface area contributed by atoms with E-state index in [1.54, 1.807) is 0 Å². The molecule has 0 aromatic heterocycles. The number of hydrogen-bond donors (Lipinski definition) is 1. The van der Waals surface area contributed by atoms with Crippen molar-refractivity contribution in [3.63, 3.8) is 0 Å². The number of sulfonamides is 1. The minimum absolute atomic E-state index is 0.187. The number of nitrogens with zero attached hydrogens (tertiary/aromatic N) is 1. The molecule has 0 bridgehead atoms. The van der Waals surface area contributed by atoms with Crippen LogP contribution in [0, 0.1) is 5.92 Å². The van der Waals surface area contributed by atoms with Crippen LogP contribution in [-0.2, 0) is 14.8 Å². The Hall–Kier alpha value is -1.81. The highest BCUT2D eigenvalue weighted by Crippen LogP contribution is 2.26. The van der Waals surface area contributed by atoms with Crippen molar-refractivity contribution in [3.05, 3.63) is 24.3 Å². The van der Waals surface area contributed by atoms with Gasteiger partial charge in [-0.05, 0) is 25.0 Å². The van der Waals surface area contributed by atoms with E-state index in [1.807, 2.05) is 0 Å². The normalized spacial score (nSPS) is 17.5. The van der Waals surface area contributed by atoms with Crippen molar-refractivity contribution in [3.8, 4) is 5.75 Å². The van der Waals surface area contributed by atoms with Crippen LogP contribution in [0.2, 0.25) is 0 Å². The Labute approximate surface area is 137 Å². The Morgan fingerprint density at radius 1 is 1.29 bits per heavy atom. The van der Waals surface area contributed by atoms with E-state index in [0.29, 0.717) is 12.8 Å². The molecule has 0 unspecified atom stereocenters. The molecule has 1 amide bonds. The maximum absolute atomic E-state index is 12.2. The molecule has 0 aliphatic carbocycles. The van der Waals surface area contributed by atoms with Crippen molar-refractivity contribution in [2.75, 3.05) is 24.7 Å². The first kappa shape index (κ1) is 18.5. The molecule has 1 N–H and O–H groups in total. The lowest BCUT2D eigenvalue weighted by Crippen LogP contribution is -2.40. The summed E-state index contributed by atoms with van der Waals surface area (Å²) in [6.45, 7) is 0.488. The molecule has 0 atom stereocenters. The van der Waals surface area contributed by atoms with Gasteiger partial charge in [0.15, 0.2) is 0 Å². The zero-order valence-corrected chi connectivity index (χ0v) is 13.7. The van der Waals surface area contributed by atoms with Gasteiger partial charge in [-0.2, -0.15) is 0 Å². The van der Waals surface area contributed by atoms with Crippen molar-refractivity contribution in [2.45, 2.75) is 19.2 Å². The minimum Gasteiger partial charge on any atom is -0.406 e. The van der Waals surface area contributed by atoms with Gasteiger partial charge in [-0.15, -0.1) is 13.2 Å². The maximum Gasteiger partial charge on any atom is 0.573 e. The lowest BCUT2D eigenvalue weighted by molar-refractivity contribution is -0.274. The zero-order valence-electron chi connectivity index (χ0n) is 12.8. The lowest BCUT2D eigenvalue weighted by Gasteiger charge is -2.29. The Morgan fingerprint density at radius 2 is 1.92 bits per heavy atom. The van der Waals surface area contributed by atoms with Crippen LogP contribution in [0.25, 0.3) is 0 Å². The Kier molecular flexibility index (Phi) is 5.38. The molecule has 1 saturated heterocycles. The SMILES string of the molecule is CS(=O)(=O)N1CCC(C(=O)Nc2cccc(OC(F)(F)F)c2)CC1. The van der Waals surface area contributed by atoms with Gasteiger partial charge in [0, 0.05) is 30.8 Å². The van der Waals surface area contributed by atoms with Crippen LogP contribution in [0.3, 0.4) is 0 Å². The molecule has 134 valence electrons. The fourth-order valence-electron chi connectivity index (χ4n) is 2.46. The van der Waals surface area contributed by atoms with Crippen LogP contribution in [0.4, 0.5) is 18.9 Å². The van der Waals surface area contributed by atoms with E-state index in [2.05, 4.69) is 10.1 Å². The lowest BCUT2D eigenvalue weighted by atomic mass is 9.97. The van der Waals surface area contributed by atoms with E-state index in [1.165, 1.54) is 16.4 Å². The first-order chi connectivity index (χ1) is 11.0. The predicted octanol–water partition coefficient (Wildman–Crippen LogP) is 2.20. The Bertz CT molecular complexity index is 698. The fraction of sp³-hybridized carbons (Fsp3) is 0.500. The van der Waals surface area contributed by atoms with Crippen molar-refractivity contribution >= 4 is 21.6 Å². The summed E-state index contributed by atoms with van der Waals surface area (Å²) in [6.07, 6.45) is -2.98. The van der Waals surface area contributed by atoms with Crippen LogP contribution in [0.5, 0.6) is 5.75 Å². The highest BCUT2D eigenvalue weighted by Gasteiger charge is 2.31. The number of benzene rings is 1. The van der Waals surface area contributed by atoms with Gasteiger partial charge in [0.25, 0.3) is 0 Å². The Morgan fingerprint density at radius 3 is 2.46 bits per heavy atom. The van der Waals surface area contributed by atoms with Crippen LogP contribution in [-0.4, -0.2) is 44.3 Å². The maximum atomic E-state index is 12.2. The first-order valence-electron chi connectivity index (χ1n) is 7.16. The molecule has 6 nitrogen and oxygen atoms in total.